The maximum Gasteiger partial charge on any atom is 0.265 e. The molecule has 0 amide bonds. The Morgan fingerprint density at radius 2 is 2.18 bits per heavy atom. The molecule has 0 saturated heterocycles. The molecule has 0 spiro atoms. The van der Waals surface area contributed by atoms with Crippen LogP contribution in [0, 0.1) is 0 Å². The third kappa shape index (κ3) is 2.98. The van der Waals surface area contributed by atoms with Gasteiger partial charge in [-0.25, -0.2) is 13.4 Å². The molecule has 90 valence electrons. The number of thiazole rings is 1. The fraction of sp³-hybridized carbons (Fsp3) is 0. The van der Waals surface area contributed by atoms with Crippen LogP contribution in [-0.2, 0) is 10.0 Å². The van der Waals surface area contributed by atoms with Gasteiger partial charge in [-0.1, -0.05) is 27.5 Å². The lowest BCUT2D eigenvalue weighted by atomic mass is 10.4. The predicted molar refractivity (Wildman–Crippen MR) is 72.1 cm³/mol. The Balaban J connectivity index is 2.38. The van der Waals surface area contributed by atoms with E-state index in [1.54, 1.807) is 11.4 Å². The van der Waals surface area contributed by atoms with Gasteiger partial charge < -0.3 is 0 Å². The molecule has 0 unspecified atom stereocenters. The Hall–Kier alpha value is -0.630. The van der Waals surface area contributed by atoms with Crippen molar-refractivity contribution in [3.8, 4) is 0 Å². The van der Waals surface area contributed by atoms with Crippen molar-refractivity contribution in [2.24, 2.45) is 0 Å². The Labute approximate surface area is 116 Å². The van der Waals surface area contributed by atoms with Gasteiger partial charge in [0, 0.05) is 16.0 Å². The number of halogens is 2. The number of sulfonamides is 1. The first-order valence-corrected chi connectivity index (χ1v) is 7.90. The van der Waals surface area contributed by atoms with Gasteiger partial charge in [0.25, 0.3) is 10.0 Å². The first-order valence-electron chi connectivity index (χ1n) is 4.36. The summed E-state index contributed by atoms with van der Waals surface area (Å²) in [5.74, 6) is 0. The van der Waals surface area contributed by atoms with Crippen LogP contribution in [0.5, 0.6) is 0 Å². The molecule has 1 aromatic heterocycles. The van der Waals surface area contributed by atoms with Crippen LogP contribution in [0.15, 0.2) is 39.1 Å². The van der Waals surface area contributed by atoms with Crippen molar-refractivity contribution < 1.29 is 8.42 Å². The van der Waals surface area contributed by atoms with E-state index in [9.17, 15) is 8.42 Å². The van der Waals surface area contributed by atoms with E-state index in [1.165, 1.54) is 29.7 Å². The van der Waals surface area contributed by atoms with E-state index in [4.69, 9.17) is 11.6 Å². The van der Waals surface area contributed by atoms with Crippen molar-refractivity contribution in [3.63, 3.8) is 0 Å². The van der Waals surface area contributed by atoms with Crippen molar-refractivity contribution in [1.82, 2.24) is 4.98 Å². The molecule has 2 aromatic rings. The third-order valence-corrected chi connectivity index (χ3v) is 4.97. The molecule has 0 radical (unpaired) electrons. The van der Waals surface area contributed by atoms with Gasteiger partial charge in [0.2, 0.25) is 0 Å². The molecule has 17 heavy (non-hydrogen) atoms. The zero-order valence-electron chi connectivity index (χ0n) is 8.22. The Morgan fingerprint density at radius 3 is 2.76 bits per heavy atom. The zero-order chi connectivity index (χ0) is 12.5. The van der Waals surface area contributed by atoms with Gasteiger partial charge in [0.05, 0.1) is 5.02 Å². The van der Waals surface area contributed by atoms with E-state index in [-0.39, 0.29) is 9.92 Å². The fourth-order valence-corrected chi connectivity index (χ4v) is 3.96. The number of rotatable bonds is 3. The van der Waals surface area contributed by atoms with Gasteiger partial charge in [-0.15, -0.1) is 11.3 Å². The SMILES string of the molecule is O=S(=O)(Nc1nccs1)c1ccc(Br)cc1Cl. The summed E-state index contributed by atoms with van der Waals surface area (Å²) in [7, 11) is -3.69. The molecule has 2 rings (SSSR count). The Kier molecular flexibility index (Phi) is 3.72. The molecule has 4 nitrogen and oxygen atoms in total. The minimum absolute atomic E-state index is 0.0255. The third-order valence-electron chi connectivity index (χ3n) is 1.84. The first kappa shape index (κ1) is 12.8. The summed E-state index contributed by atoms with van der Waals surface area (Å²) >= 11 is 10.3. The molecule has 0 atom stereocenters. The lowest BCUT2D eigenvalue weighted by molar-refractivity contribution is 0.601. The van der Waals surface area contributed by atoms with E-state index < -0.39 is 10.0 Å². The number of benzene rings is 1. The second-order valence-corrected chi connectivity index (χ2v) is 6.89. The van der Waals surface area contributed by atoms with Crippen LogP contribution in [0.2, 0.25) is 5.02 Å². The summed E-state index contributed by atoms with van der Waals surface area (Å²) in [6.45, 7) is 0. The van der Waals surface area contributed by atoms with Gasteiger partial charge >= 0.3 is 0 Å². The summed E-state index contributed by atoms with van der Waals surface area (Å²) in [6.07, 6.45) is 1.52. The molecular formula is C9H6BrClN2O2S2. The average molecular weight is 354 g/mol. The summed E-state index contributed by atoms with van der Waals surface area (Å²) in [6, 6.07) is 4.57. The highest BCUT2D eigenvalue weighted by Gasteiger charge is 2.18. The summed E-state index contributed by atoms with van der Waals surface area (Å²) < 4.78 is 27.0. The molecule has 8 heteroatoms. The molecule has 0 bridgehead atoms. The minimum atomic E-state index is -3.69. The number of hydrogen-bond donors (Lipinski definition) is 1. The van der Waals surface area contributed by atoms with Crippen LogP contribution < -0.4 is 4.72 Å². The summed E-state index contributed by atoms with van der Waals surface area (Å²) in [5.41, 5.74) is 0. The van der Waals surface area contributed by atoms with E-state index in [0.29, 0.717) is 5.13 Å². The first-order chi connectivity index (χ1) is 7.99. The second kappa shape index (κ2) is 4.93. The normalized spacial score (nSPS) is 11.4. The van der Waals surface area contributed by atoms with Crippen LogP contribution >= 0.6 is 38.9 Å². The van der Waals surface area contributed by atoms with E-state index in [2.05, 4.69) is 25.6 Å². The Bertz CT molecular complexity index is 628. The van der Waals surface area contributed by atoms with Crippen molar-refractivity contribution >= 4 is 54.0 Å². The number of nitrogens with zero attached hydrogens (tertiary/aromatic N) is 1. The van der Waals surface area contributed by atoms with Crippen molar-refractivity contribution in [3.05, 3.63) is 39.3 Å². The molecule has 0 aliphatic carbocycles. The topological polar surface area (TPSA) is 59.1 Å². The Morgan fingerprint density at radius 1 is 1.41 bits per heavy atom. The summed E-state index contributed by atoms with van der Waals surface area (Å²) in [4.78, 5) is 3.88. The maximum atomic E-state index is 12.0. The van der Waals surface area contributed by atoms with Gasteiger partial charge in [-0.3, -0.25) is 4.72 Å². The van der Waals surface area contributed by atoms with Crippen LogP contribution in [0.3, 0.4) is 0 Å². The lowest BCUT2D eigenvalue weighted by Crippen LogP contribution is -2.13. The molecule has 0 aliphatic rings. The lowest BCUT2D eigenvalue weighted by Gasteiger charge is -2.07. The number of anilines is 1. The van der Waals surface area contributed by atoms with Crippen LogP contribution in [0.1, 0.15) is 0 Å². The quantitative estimate of drug-likeness (QED) is 0.920. The maximum absolute atomic E-state index is 12.0. The number of aromatic nitrogens is 1. The van der Waals surface area contributed by atoms with Gasteiger partial charge in [0.15, 0.2) is 5.13 Å². The summed E-state index contributed by atoms with van der Waals surface area (Å²) in [5, 5.41) is 2.15. The zero-order valence-corrected chi connectivity index (χ0v) is 12.2. The molecule has 1 N–H and O–H groups in total. The fourth-order valence-electron chi connectivity index (χ4n) is 1.14. The molecule has 0 saturated carbocycles. The molecule has 1 heterocycles. The standard InChI is InChI=1S/C9H6BrClN2O2S2/c10-6-1-2-8(7(11)5-6)17(14,15)13-9-12-3-4-16-9/h1-5H,(H,12,13). The number of hydrogen-bond acceptors (Lipinski definition) is 4. The van der Waals surface area contributed by atoms with Crippen LogP contribution in [0.4, 0.5) is 5.13 Å². The van der Waals surface area contributed by atoms with E-state index >= 15 is 0 Å². The largest absolute Gasteiger partial charge is 0.265 e. The highest BCUT2D eigenvalue weighted by molar-refractivity contribution is 9.10. The van der Waals surface area contributed by atoms with Gasteiger partial charge in [-0.2, -0.15) is 0 Å². The van der Waals surface area contributed by atoms with Crippen molar-refractivity contribution in [1.29, 1.82) is 0 Å². The van der Waals surface area contributed by atoms with Gasteiger partial charge in [0.1, 0.15) is 4.90 Å². The molecule has 0 fully saturated rings. The highest BCUT2D eigenvalue weighted by Crippen LogP contribution is 2.27. The molecule has 0 aliphatic heterocycles. The molecule has 1 aromatic carbocycles. The minimum Gasteiger partial charge on any atom is -0.255 e. The smallest absolute Gasteiger partial charge is 0.255 e. The van der Waals surface area contributed by atoms with Crippen LogP contribution in [0.25, 0.3) is 0 Å². The molecular weight excluding hydrogens is 348 g/mol. The van der Waals surface area contributed by atoms with Crippen molar-refractivity contribution in [2.45, 2.75) is 4.90 Å². The van der Waals surface area contributed by atoms with Crippen LogP contribution in [-0.4, -0.2) is 13.4 Å². The predicted octanol–water partition coefficient (Wildman–Crippen LogP) is 3.36. The highest BCUT2D eigenvalue weighted by atomic mass is 79.9. The average Bonchev–Trinajstić information content (AvgIpc) is 2.68. The number of nitrogens with one attached hydrogen (secondary N) is 1. The van der Waals surface area contributed by atoms with Crippen molar-refractivity contribution in [2.75, 3.05) is 4.72 Å². The van der Waals surface area contributed by atoms with Gasteiger partial charge in [-0.05, 0) is 18.2 Å². The monoisotopic (exact) mass is 352 g/mol. The second-order valence-electron chi connectivity index (χ2n) is 3.02. The van der Waals surface area contributed by atoms with E-state index in [1.807, 2.05) is 0 Å². The van der Waals surface area contributed by atoms with E-state index in [0.717, 1.165) is 4.47 Å².